The van der Waals surface area contributed by atoms with Gasteiger partial charge in [-0.25, -0.2) is 0 Å². The maximum absolute atomic E-state index is 12.5. The lowest BCUT2D eigenvalue weighted by Crippen LogP contribution is -2.62. The first-order valence-corrected chi connectivity index (χ1v) is 8.25. The maximum atomic E-state index is 12.5. The monoisotopic (exact) mass is 317 g/mol. The molecule has 0 unspecified atom stereocenters. The van der Waals surface area contributed by atoms with E-state index in [1.165, 1.54) is 0 Å². The van der Waals surface area contributed by atoms with E-state index in [1.54, 1.807) is 17.3 Å². The number of likely N-dealkylation sites (tertiary alicyclic amines) is 1. The van der Waals surface area contributed by atoms with Crippen LogP contribution in [-0.4, -0.2) is 52.5 Å². The van der Waals surface area contributed by atoms with Crippen molar-refractivity contribution >= 4 is 11.8 Å². The molecule has 2 N–H and O–H groups in total. The number of hydrogen-bond donors (Lipinski definition) is 2. The molecule has 0 aliphatic carbocycles. The second-order valence-electron chi connectivity index (χ2n) is 6.50. The number of aliphatic hydroxyl groups excluding tert-OH is 1. The number of carbonyl (C=O) groups is 2. The highest BCUT2D eigenvalue weighted by molar-refractivity contribution is 5.86. The summed E-state index contributed by atoms with van der Waals surface area (Å²) in [6.45, 7) is 1.50. The van der Waals surface area contributed by atoms with E-state index in [1.807, 2.05) is 12.1 Å². The number of carbonyl (C=O) groups excluding carboxylic acids is 2. The highest BCUT2D eigenvalue weighted by Gasteiger charge is 2.50. The van der Waals surface area contributed by atoms with Gasteiger partial charge in [0.1, 0.15) is 0 Å². The number of pyridine rings is 1. The molecule has 124 valence electrons. The van der Waals surface area contributed by atoms with Gasteiger partial charge in [-0.2, -0.15) is 0 Å². The van der Waals surface area contributed by atoms with E-state index in [9.17, 15) is 14.7 Å². The van der Waals surface area contributed by atoms with Crippen LogP contribution >= 0.6 is 0 Å². The summed E-state index contributed by atoms with van der Waals surface area (Å²) < 4.78 is 0. The molecule has 1 aromatic rings. The Labute approximate surface area is 135 Å². The quantitative estimate of drug-likeness (QED) is 0.851. The molecule has 0 saturated carbocycles. The highest BCUT2D eigenvalue weighted by atomic mass is 16.3. The van der Waals surface area contributed by atoms with Crippen LogP contribution in [0, 0.1) is 5.41 Å². The number of amides is 2. The van der Waals surface area contributed by atoms with E-state index in [-0.39, 0.29) is 11.8 Å². The van der Waals surface area contributed by atoms with Crippen molar-refractivity contribution in [1.82, 2.24) is 15.2 Å². The first-order chi connectivity index (χ1) is 11.1. The number of nitrogens with zero attached hydrogens (tertiary/aromatic N) is 2. The van der Waals surface area contributed by atoms with E-state index in [2.05, 4.69) is 10.3 Å². The van der Waals surface area contributed by atoms with Gasteiger partial charge in [-0.05, 0) is 37.3 Å². The lowest BCUT2D eigenvalue weighted by atomic mass is 9.71. The summed E-state index contributed by atoms with van der Waals surface area (Å²) in [6, 6.07) is 3.81. The Morgan fingerprint density at radius 2 is 2.39 bits per heavy atom. The Morgan fingerprint density at radius 3 is 3.13 bits per heavy atom. The molecule has 6 heteroatoms. The predicted molar refractivity (Wildman–Crippen MR) is 84.4 cm³/mol. The summed E-state index contributed by atoms with van der Waals surface area (Å²) in [5.74, 6) is -0.0699. The van der Waals surface area contributed by atoms with Crippen molar-refractivity contribution in [2.75, 3.05) is 19.6 Å². The molecule has 2 fully saturated rings. The van der Waals surface area contributed by atoms with Crippen LogP contribution in [-0.2, 0) is 16.0 Å². The lowest BCUT2D eigenvalue weighted by Gasteiger charge is -2.46. The number of nitrogens with one attached hydrogen (secondary N) is 1. The van der Waals surface area contributed by atoms with Gasteiger partial charge in [0.2, 0.25) is 11.8 Å². The normalized spacial score (nSPS) is 27.8. The van der Waals surface area contributed by atoms with Gasteiger partial charge in [-0.3, -0.25) is 14.6 Å². The van der Waals surface area contributed by atoms with Crippen LogP contribution in [0.2, 0.25) is 0 Å². The van der Waals surface area contributed by atoms with Gasteiger partial charge < -0.3 is 15.3 Å². The van der Waals surface area contributed by atoms with Crippen LogP contribution in [0.15, 0.2) is 24.5 Å². The fourth-order valence-electron chi connectivity index (χ4n) is 3.61. The first-order valence-electron chi connectivity index (χ1n) is 8.25. The van der Waals surface area contributed by atoms with Crippen molar-refractivity contribution in [2.24, 2.45) is 5.41 Å². The molecule has 3 heterocycles. The molecule has 0 radical (unpaired) electrons. The standard InChI is InChI=1S/C17H23N3O3/c21-14-6-10-20(12-17(14)7-2-9-19-16(17)23)15(22)5-4-13-3-1-8-18-11-13/h1,3,8,11,14,21H,2,4-7,9-10,12H2,(H,19,23)/t14-,17+/m0/s1. The number of rotatable bonds is 3. The van der Waals surface area contributed by atoms with Crippen LogP contribution in [0.25, 0.3) is 0 Å². The van der Waals surface area contributed by atoms with Crippen LogP contribution < -0.4 is 5.32 Å². The molecular weight excluding hydrogens is 294 g/mol. The molecule has 6 nitrogen and oxygen atoms in total. The lowest BCUT2D eigenvalue weighted by molar-refractivity contribution is -0.154. The minimum atomic E-state index is -0.819. The number of aliphatic hydroxyl groups is 1. The Balaban J connectivity index is 1.64. The van der Waals surface area contributed by atoms with Crippen molar-refractivity contribution in [3.8, 4) is 0 Å². The Hall–Kier alpha value is -1.95. The molecule has 1 spiro atoms. The van der Waals surface area contributed by atoms with E-state index in [4.69, 9.17) is 0 Å². The minimum absolute atomic E-state index is 0.0403. The zero-order valence-electron chi connectivity index (χ0n) is 13.2. The smallest absolute Gasteiger partial charge is 0.230 e. The molecule has 0 aromatic carbocycles. The predicted octanol–water partition coefficient (Wildman–Crippen LogP) is 0.504. The third kappa shape index (κ3) is 3.22. The van der Waals surface area contributed by atoms with Gasteiger partial charge in [-0.15, -0.1) is 0 Å². The van der Waals surface area contributed by atoms with Gasteiger partial charge in [0, 0.05) is 38.4 Å². The van der Waals surface area contributed by atoms with Crippen LogP contribution in [0.1, 0.15) is 31.2 Å². The summed E-state index contributed by atoms with van der Waals surface area (Å²) in [5.41, 5.74) is 0.212. The van der Waals surface area contributed by atoms with Crippen molar-refractivity contribution in [3.05, 3.63) is 30.1 Å². The summed E-state index contributed by atoms with van der Waals surface area (Å²) >= 11 is 0. The van der Waals surface area contributed by atoms with E-state index in [0.717, 1.165) is 12.0 Å². The molecule has 2 amide bonds. The molecule has 2 aliphatic rings. The van der Waals surface area contributed by atoms with E-state index >= 15 is 0 Å². The van der Waals surface area contributed by atoms with Gasteiger partial charge in [0.15, 0.2) is 0 Å². The summed E-state index contributed by atoms with van der Waals surface area (Å²) in [7, 11) is 0. The summed E-state index contributed by atoms with van der Waals surface area (Å²) in [5, 5.41) is 13.2. The minimum Gasteiger partial charge on any atom is -0.392 e. The third-order valence-corrected chi connectivity index (χ3v) is 5.02. The summed E-state index contributed by atoms with van der Waals surface area (Å²) in [6.07, 6.45) is 5.82. The maximum Gasteiger partial charge on any atom is 0.230 e. The Morgan fingerprint density at radius 1 is 1.52 bits per heavy atom. The topological polar surface area (TPSA) is 82.5 Å². The number of hydrogen-bond acceptors (Lipinski definition) is 4. The number of piperidine rings is 2. The van der Waals surface area contributed by atoms with Gasteiger partial charge in [0.25, 0.3) is 0 Å². The zero-order chi connectivity index (χ0) is 16.3. The zero-order valence-corrected chi connectivity index (χ0v) is 13.2. The Bertz CT molecular complexity index is 578. The SMILES string of the molecule is O=C(CCc1cccnc1)N1CC[C@H](O)[C@@]2(CCCNC2=O)C1. The Kier molecular flexibility index (Phi) is 4.61. The van der Waals surface area contributed by atoms with Crippen molar-refractivity contribution in [2.45, 2.75) is 38.2 Å². The summed E-state index contributed by atoms with van der Waals surface area (Å²) in [4.78, 5) is 30.6. The molecule has 2 saturated heterocycles. The second-order valence-corrected chi connectivity index (χ2v) is 6.50. The second kappa shape index (κ2) is 6.66. The average Bonchev–Trinajstić information content (AvgIpc) is 2.58. The molecule has 23 heavy (non-hydrogen) atoms. The molecular formula is C17H23N3O3. The fourth-order valence-corrected chi connectivity index (χ4v) is 3.61. The third-order valence-electron chi connectivity index (χ3n) is 5.02. The number of aryl methyl sites for hydroxylation is 1. The molecule has 3 rings (SSSR count). The van der Waals surface area contributed by atoms with Crippen LogP contribution in [0.3, 0.4) is 0 Å². The van der Waals surface area contributed by atoms with E-state index < -0.39 is 11.5 Å². The van der Waals surface area contributed by atoms with Crippen molar-refractivity contribution < 1.29 is 14.7 Å². The van der Waals surface area contributed by atoms with Gasteiger partial charge in [-0.1, -0.05) is 6.07 Å². The van der Waals surface area contributed by atoms with Gasteiger partial charge in [0.05, 0.1) is 11.5 Å². The van der Waals surface area contributed by atoms with E-state index in [0.29, 0.717) is 45.3 Å². The van der Waals surface area contributed by atoms with Crippen molar-refractivity contribution in [1.29, 1.82) is 0 Å². The average molecular weight is 317 g/mol. The molecule has 2 atom stereocenters. The molecule has 1 aromatic heterocycles. The molecule has 2 aliphatic heterocycles. The molecule has 0 bridgehead atoms. The highest BCUT2D eigenvalue weighted by Crippen LogP contribution is 2.37. The largest absolute Gasteiger partial charge is 0.392 e. The number of aromatic nitrogens is 1. The fraction of sp³-hybridized carbons (Fsp3) is 0.588. The van der Waals surface area contributed by atoms with Gasteiger partial charge >= 0.3 is 0 Å². The van der Waals surface area contributed by atoms with Crippen LogP contribution in [0.5, 0.6) is 0 Å². The van der Waals surface area contributed by atoms with Crippen molar-refractivity contribution in [3.63, 3.8) is 0 Å². The first kappa shape index (κ1) is 15.9. The van der Waals surface area contributed by atoms with Crippen LogP contribution in [0.4, 0.5) is 0 Å².